The van der Waals surface area contributed by atoms with Crippen LogP contribution in [0.25, 0.3) is 0 Å². The van der Waals surface area contributed by atoms with Gasteiger partial charge in [0.25, 0.3) is 0 Å². The quantitative estimate of drug-likeness (QED) is 0.747. The Hall–Kier alpha value is -2.89. The zero-order valence-corrected chi connectivity index (χ0v) is 19.5. The van der Waals surface area contributed by atoms with E-state index >= 15 is 0 Å². The van der Waals surface area contributed by atoms with Gasteiger partial charge in [-0.25, -0.2) is 8.42 Å². The first-order valence-corrected chi connectivity index (χ1v) is 13.2. The summed E-state index contributed by atoms with van der Waals surface area (Å²) in [5, 5.41) is 9.13. The van der Waals surface area contributed by atoms with Crippen LogP contribution in [0.1, 0.15) is 52.7 Å². The van der Waals surface area contributed by atoms with Crippen molar-refractivity contribution in [2.45, 2.75) is 50.2 Å². The van der Waals surface area contributed by atoms with Crippen LogP contribution in [0, 0.1) is 11.3 Å². The van der Waals surface area contributed by atoms with Gasteiger partial charge in [0, 0.05) is 37.7 Å². The molecule has 5 rings (SSSR count). The molecule has 1 saturated heterocycles. The van der Waals surface area contributed by atoms with Gasteiger partial charge in [0.05, 0.1) is 29.9 Å². The molecule has 0 radical (unpaired) electrons. The van der Waals surface area contributed by atoms with E-state index in [1.165, 1.54) is 11.1 Å². The zero-order chi connectivity index (χ0) is 23.2. The molecule has 8 heteroatoms. The number of nitrogens with one attached hydrogen (secondary N) is 1. The molecule has 172 valence electrons. The summed E-state index contributed by atoms with van der Waals surface area (Å²) in [6.07, 6.45) is 6.04. The second-order valence-electron chi connectivity index (χ2n) is 9.50. The number of aryl methyl sites for hydroxylation is 1. The topological polar surface area (TPSA) is 99.5 Å². The Labute approximate surface area is 194 Å². The molecule has 0 amide bonds. The van der Waals surface area contributed by atoms with Crippen LogP contribution in [0.3, 0.4) is 0 Å². The fourth-order valence-electron chi connectivity index (χ4n) is 5.46. The molecule has 1 fully saturated rings. The summed E-state index contributed by atoms with van der Waals surface area (Å²) in [5.41, 5.74) is 3.69. The van der Waals surface area contributed by atoms with Crippen molar-refractivity contribution in [3.63, 3.8) is 0 Å². The smallest absolute Gasteiger partial charge is 0.229 e. The lowest BCUT2D eigenvalue weighted by Gasteiger charge is -2.46. The molecule has 7 nitrogen and oxygen atoms in total. The molecule has 0 bridgehead atoms. The van der Waals surface area contributed by atoms with E-state index in [1.807, 2.05) is 12.1 Å². The molecule has 1 spiro atoms. The molecule has 1 atom stereocenters. The third-order valence-electron chi connectivity index (χ3n) is 7.16. The minimum absolute atomic E-state index is 0.00161. The number of likely N-dealkylation sites (tertiary alicyclic amines) is 1. The lowest BCUT2D eigenvalue weighted by Crippen LogP contribution is -2.54. The lowest BCUT2D eigenvalue weighted by atomic mass is 9.80. The number of ketones is 1. The largest absolute Gasteiger partial charge is 0.486 e. The number of nitrogens with zero attached hydrogens (tertiary/aromatic N) is 2. The highest BCUT2D eigenvalue weighted by Gasteiger charge is 2.44. The Morgan fingerprint density at radius 3 is 2.67 bits per heavy atom. The Morgan fingerprint density at radius 1 is 1.15 bits per heavy atom. The van der Waals surface area contributed by atoms with E-state index in [9.17, 15) is 13.2 Å². The van der Waals surface area contributed by atoms with E-state index in [1.54, 1.807) is 18.2 Å². The third-order valence-corrected chi connectivity index (χ3v) is 7.76. The number of Topliss-reactive ketones (excluding diaryl/α,β-unsaturated/α-hetero) is 1. The van der Waals surface area contributed by atoms with Gasteiger partial charge in [-0.15, -0.1) is 0 Å². The predicted molar refractivity (Wildman–Crippen MR) is 125 cm³/mol. The minimum atomic E-state index is -3.41. The van der Waals surface area contributed by atoms with Gasteiger partial charge >= 0.3 is 0 Å². The van der Waals surface area contributed by atoms with Crippen molar-refractivity contribution in [2.24, 2.45) is 0 Å². The summed E-state index contributed by atoms with van der Waals surface area (Å²) >= 11 is 0. The molecule has 0 aromatic heterocycles. The van der Waals surface area contributed by atoms with Gasteiger partial charge in [0.15, 0.2) is 5.78 Å². The van der Waals surface area contributed by atoms with Crippen LogP contribution < -0.4 is 9.46 Å². The number of benzene rings is 2. The maximum Gasteiger partial charge on any atom is 0.229 e. The number of sulfonamides is 1. The maximum absolute atomic E-state index is 13.0. The normalized spacial score (nSPS) is 22.1. The number of piperidine rings is 1. The van der Waals surface area contributed by atoms with E-state index in [0.29, 0.717) is 29.5 Å². The fraction of sp³-hybridized carbons (Fsp3) is 0.440. The molecule has 2 aromatic rings. The SMILES string of the molecule is CS(=O)(=O)Nc1ccc2c(c1)C(=O)CC1(CCN([C@@H]3CCc4cc(C#N)ccc4C3)CC1)O2. The predicted octanol–water partition coefficient (Wildman–Crippen LogP) is 3.29. The van der Waals surface area contributed by atoms with Crippen molar-refractivity contribution in [1.29, 1.82) is 5.26 Å². The summed E-state index contributed by atoms with van der Waals surface area (Å²) in [4.78, 5) is 15.5. The summed E-state index contributed by atoms with van der Waals surface area (Å²) in [6.45, 7) is 1.76. The molecule has 0 unspecified atom stereocenters. The average molecular weight is 466 g/mol. The Balaban J connectivity index is 1.25. The lowest BCUT2D eigenvalue weighted by molar-refractivity contribution is -0.0200. The first-order valence-electron chi connectivity index (χ1n) is 11.3. The Kier molecular flexibility index (Phi) is 5.42. The number of rotatable bonds is 3. The highest BCUT2D eigenvalue weighted by molar-refractivity contribution is 7.92. The third kappa shape index (κ3) is 4.48. The molecule has 1 aliphatic carbocycles. The van der Waals surface area contributed by atoms with Gasteiger partial charge in [-0.05, 0) is 60.7 Å². The minimum Gasteiger partial charge on any atom is -0.486 e. The van der Waals surface area contributed by atoms with E-state index in [4.69, 9.17) is 10.00 Å². The van der Waals surface area contributed by atoms with E-state index in [-0.39, 0.29) is 5.78 Å². The highest BCUT2D eigenvalue weighted by atomic mass is 32.2. The molecule has 2 heterocycles. The maximum atomic E-state index is 13.0. The number of anilines is 1. The number of carbonyl (C=O) groups excluding carboxylic acids is 1. The summed E-state index contributed by atoms with van der Waals surface area (Å²) < 4.78 is 31.8. The second-order valence-corrected chi connectivity index (χ2v) is 11.2. The number of carbonyl (C=O) groups is 1. The van der Waals surface area contributed by atoms with Crippen molar-refractivity contribution in [3.05, 3.63) is 58.7 Å². The molecular weight excluding hydrogens is 438 g/mol. The molecule has 1 N–H and O–H groups in total. The van der Waals surface area contributed by atoms with Crippen LogP contribution in [0.2, 0.25) is 0 Å². The van der Waals surface area contributed by atoms with Crippen molar-refractivity contribution in [1.82, 2.24) is 4.90 Å². The molecular formula is C25H27N3O4S. The van der Waals surface area contributed by atoms with Crippen LogP contribution in [0.4, 0.5) is 5.69 Å². The molecule has 0 saturated carbocycles. The van der Waals surface area contributed by atoms with Crippen LogP contribution in [-0.2, 0) is 22.9 Å². The van der Waals surface area contributed by atoms with Crippen molar-refractivity contribution < 1.29 is 17.9 Å². The number of hydrogen-bond acceptors (Lipinski definition) is 6. The van der Waals surface area contributed by atoms with Crippen molar-refractivity contribution in [3.8, 4) is 11.8 Å². The average Bonchev–Trinajstić information content (AvgIpc) is 2.78. The van der Waals surface area contributed by atoms with Crippen molar-refractivity contribution >= 4 is 21.5 Å². The Bertz CT molecular complexity index is 1260. The standard InChI is InChI=1S/C25H27N3O4S/c1-33(30,31)27-20-5-7-24-22(14-20)23(29)15-25(32-24)8-10-28(11-9-25)21-6-4-18-12-17(16-26)2-3-19(18)13-21/h2-3,5,7,12,14,21,27H,4,6,8-11,13,15H2,1H3/t21-/m1/s1. The summed E-state index contributed by atoms with van der Waals surface area (Å²) in [6, 6.07) is 13.6. The van der Waals surface area contributed by atoms with Gasteiger partial charge in [0.1, 0.15) is 11.4 Å². The zero-order valence-electron chi connectivity index (χ0n) is 18.6. The van der Waals surface area contributed by atoms with Gasteiger partial charge < -0.3 is 4.74 Å². The van der Waals surface area contributed by atoms with E-state index < -0.39 is 15.6 Å². The molecule has 3 aliphatic rings. The van der Waals surface area contributed by atoms with Crippen LogP contribution in [-0.4, -0.2) is 50.1 Å². The Morgan fingerprint density at radius 2 is 1.94 bits per heavy atom. The summed E-state index contributed by atoms with van der Waals surface area (Å²) in [5.74, 6) is 0.542. The second kappa shape index (κ2) is 8.15. The number of nitriles is 1. The molecule has 2 aromatic carbocycles. The monoisotopic (exact) mass is 465 g/mol. The molecule has 33 heavy (non-hydrogen) atoms. The first kappa shape index (κ1) is 21.9. The van der Waals surface area contributed by atoms with Crippen LogP contribution >= 0.6 is 0 Å². The van der Waals surface area contributed by atoms with Gasteiger partial charge in [-0.2, -0.15) is 5.26 Å². The van der Waals surface area contributed by atoms with E-state index in [0.717, 1.165) is 57.0 Å². The summed E-state index contributed by atoms with van der Waals surface area (Å²) in [7, 11) is -3.41. The van der Waals surface area contributed by atoms with Crippen LogP contribution in [0.15, 0.2) is 36.4 Å². The van der Waals surface area contributed by atoms with Crippen LogP contribution in [0.5, 0.6) is 5.75 Å². The van der Waals surface area contributed by atoms with Gasteiger partial charge in [-0.3, -0.25) is 14.4 Å². The van der Waals surface area contributed by atoms with Crippen molar-refractivity contribution in [2.75, 3.05) is 24.1 Å². The van der Waals surface area contributed by atoms with E-state index in [2.05, 4.69) is 21.8 Å². The van der Waals surface area contributed by atoms with Gasteiger partial charge in [-0.1, -0.05) is 6.07 Å². The number of fused-ring (bicyclic) bond motifs is 2. The first-order chi connectivity index (χ1) is 15.7. The number of ether oxygens (including phenoxy) is 1. The highest BCUT2D eigenvalue weighted by Crippen LogP contribution is 2.41. The van der Waals surface area contributed by atoms with Gasteiger partial charge in [0.2, 0.25) is 10.0 Å². The molecule has 2 aliphatic heterocycles. The number of hydrogen-bond donors (Lipinski definition) is 1. The fourth-order valence-corrected chi connectivity index (χ4v) is 6.02.